The molecule has 5 nitrogen and oxygen atoms in total. The molecule has 1 atom stereocenters. The van der Waals surface area contributed by atoms with E-state index in [0.29, 0.717) is 18.5 Å². The predicted octanol–water partition coefficient (Wildman–Crippen LogP) is 5.35. The van der Waals surface area contributed by atoms with E-state index in [4.69, 9.17) is 9.05 Å². The van der Waals surface area contributed by atoms with Gasteiger partial charge >= 0.3 is 7.60 Å². The van der Waals surface area contributed by atoms with Gasteiger partial charge in [0.25, 0.3) is 0 Å². The van der Waals surface area contributed by atoms with Gasteiger partial charge in [-0.3, -0.25) is 4.57 Å². The van der Waals surface area contributed by atoms with Crippen LogP contribution in [0, 0.1) is 0 Å². The molecule has 0 aliphatic heterocycles. The lowest BCUT2D eigenvalue weighted by atomic mass is 10.3. The third kappa shape index (κ3) is 5.84. The maximum Gasteiger partial charge on any atom is 0.363 e. The van der Waals surface area contributed by atoms with Gasteiger partial charge in [-0.05, 0) is 61.6 Å². The van der Waals surface area contributed by atoms with Gasteiger partial charge in [-0.2, -0.15) is 0 Å². The molecule has 0 saturated carbocycles. The number of aromatic nitrogens is 2. The van der Waals surface area contributed by atoms with Crippen molar-refractivity contribution in [3.05, 3.63) is 97.6 Å². The minimum Gasteiger partial charge on any atom is -0.323 e. The van der Waals surface area contributed by atoms with Gasteiger partial charge in [0, 0.05) is 24.8 Å². The Labute approximate surface area is 186 Å². The van der Waals surface area contributed by atoms with Gasteiger partial charge in [-0.25, -0.2) is 0 Å². The second kappa shape index (κ2) is 11.3. The van der Waals surface area contributed by atoms with E-state index in [9.17, 15) is 4.57 Å². The molecule has 0 saturated heterocycles. The lowest BCUT2D eigenvalue weighted by Crippen LogP contribution is -2.16. The van der Waals surface area contributed by atoms with Gasteiger partial charge in [0.2, 0.25) is 0 Å². The Kier molecular flexibility index (Phi) is 8.45. The topological polar surface area (TPSA) is 45.4 Å². The van der Waals surface area contributed by atoms with Crippen molar-refractivity contribution in [2.45, 2.75) is 13.8 Å². The Morgan fingerprint density at radius 3 is 1.68 bits per heavy atom. The normalized spacial score (nSPS) is 11.1. The lowest BCUT2D eigenvalue weighted by Gasteiger charge is -2.20. The summed E-state index contributed by atoms with van der Waals surface area (Å²) in [5.41, 5.74) is 2.03. The summed E-state index contributed by atoms with van der Waals surface area (Å²) in [6.45, 7) is 4.31. The molecule has 162 valence electrons. The summed E-state index contributed by atoms with van der Waals surface area (Å²) in [5, 5.41) is 1.81. The first-order valence-electron chi connectivity index (χ1n) is 10.2. The molecule has 0 amide bonds. The first-order chi connectivity index (χ1) is 15.1. The fourth-order valence-corrected chi connectivity index (χ4v) is 5.27. The van der Waals surface area contributed by atoms with Gasteiger partial charge in [0.1, 0.15) is 0 Å². The van der Waals surface area contributed by atoms with E-state index in [1.165, 1.54) is 11.0 Å². The van der Waals surface area contributed by atoms with Crippen LogP contribution in [0.4, 0.5) is 0 Å². The van der Waals surface area contributed by atoms with Crippen molar-refractivity contribution in [1.82, 2.24) is 9.13 Å². The van der Waals surface area contributed by atoms with Crippen LogP contribution in [0.3, 0.4) is 0 Å². The van der Waals surface area contributed by atoms with Crippen molar-refractivity contribution in [3.8, 4) is 11.4 Å². The molecule has 0 radical (unpaired) electrons. The highest BCUT2D eigenvalue weighted by molar-refractivity contribution is 7.62. The molecule has 2 heterocycles. The van der Waals surface area contributed by atoms with E-state index in [-0.39, 0.29) is 0 Å². The number of hydrogen-bond donors (Lipinski definition) is 0. The van der Waals surface area contributed by atoms with Gasteiger partial charge in [0.15, 0.2) is 0 Å². The zero-order valence-corrected chi connectivity index (χ0v) is 19.8. The summed E-state index contributed by atoms with van der Waals surface area (Å²) in [6, 6.07) is 23.6. The molecule has 0 fully saturated rings. The second-order valence-electron chi connectivity index (χ2n) is 6.56. The molecular weight excluding hydrogens is 426 g/mol. The fraction of sp³-hybridized carbons (Fsp3) is 0.167. The number of hydrogen-bond acceptors (Lipinski definition) is 3. The summed E-state index contributed by atoms with van der Waals surface area (Å²) < 4.78 is 27.7. The lowest BCUT2D eigenvalue weighted by molar-refractivity contribution is 0.230. The molecular formula is C24H28N2O3P2. The minimum atomic E-state index is -3.27. The average molecular weight is 454 g/mol. The van der Waals surface area contributed by atoms with Crippen LogP contribution in [0.2, 0.25) is 0 Å². The molecule has 4 aromatic rings. The number of nitrogens with zero attached hydrogens (tertiary/aromatic N) is 2. The fourth-order valence-electron chi connectivity index (χ4n) is 3.14. The number of rotatable bonds is 7. The molecule has 0 bridgehead atoms. The molecule has 2 aromatic heterocycles. The third-order valence-corrected chi connectivity index (χ3v) is 7.13. The van der Waals surface area contributed by atoms with E-state index < -0.39 is 7.60 Å². The Morgan fingerprint density at radius 1 is 0.710 bits per heavy atom. The first kappa shape index (κ1) is 23.2. The maximum atomic E-state index is 12.9. The van der Waals surface area contributed by atoms with E-state index in [0.717, 1.165) is 5.69 Å². The van der Waals surface area contributed by atoms with E-state index in [1.54, 1.807) is 6.07 Å². The highest BCUT2D eigenvalue weighted by Crippen LogP contribution is 2.48. The first-order valence-corrected chi connectivity index (χ1v) is 12.3. The predicted molar refractivity (Wildman–Crippen MR) is 131 cm³/mol. The van der Waals surface area contributed by atoms with Gasteiger partial charge in [0.05, 0.1) is 29.9 Å². The second-order valence-corrected chi connectivity index (χ2v) is 9.18. The summed E-state index contributed by atoms with van der Waals surface area (Å²) in [7, 11) is -0.539. The van der Waals surface area contributed by atoms with Crippen molar-refractivity contribution in [3.63, 3.8) is 0 Å². The Balaban J connectivity index is 0.000000194. The SMILES string of the molecule is CCOP(=O)(OCC)c1ccccc1-n1cccc1.Pc1ccccc1-n1cccc1. The van der Waals surface area contributed by atoms with Crippen LogP contribution in [0.25, 0.3) is 11.4 Å². The summed E-state index contributed by atoms with van der Waals surface area (Å²) in [6.07, 6.45) is 7.90. The molecule has 7 heteroatoms. The summed E-state index contributed by atoms with van der Waals surface area (Å²) in [4.78, 5) is 0. The Bertz CT molecular complexity index is 1100. The Morgan fingerprint density at radius 2 is 1.16 bits per heavy atom. The van der Waals surface area contributed by atoms with Crippen LogP contribution >= 0.6 is 16.8 Å². The summed E-state index contributed by atoms with van der Waals surface area (Å²) in [5.74, 6) is 0. The maximum absolute atomic E-state index is 12.9. The molecule has 0 aliphatic rings. The van der Waals surface area contributed by atoms with Gasteiger partial charge < -0.3 is 18.2 Å². The molecule has 0 N–H and O–H groups in total. The van der Waals surface area contributed by atoms with Crippen molar-refractivity contribution in [2.24, 2.45) is 0 Å². The number of benzene rings is 2. The van der Waals surface area contributed by atoms with Crippen molar-refractivity contribution in [1.29, 1.82) is 0 Å². The summed E-state index contributed by atoms with van der Waals surface area (Å²) >= 11 is 0. The van der Waals surface area contributed by atoms with Crippen LogP contribution in [-0.2, 0) is 13.6 Å². The van der Waals surface area contributed by atoms with Crippen molar-refractivity contribution >= 4 is 27.4 Å². The van der Waals surface area contributed by atoms with Crippen LogP contribution < -0.4 is 10.6 Å². The van der Waals surface area contributed by atoms with E-state index in [1.807, 2.05) is 97.8 Å². The standard InChI is InChI=1S/C14H18NO3P.C10H10NP/c1-3-17-19(16,18-4-2)14-10-6-5-9-13(14)15-11-7-8-12-15;12-10-6-2-1-5-9(10)11-7-3-4-8-11/h5-12H,3-4H2,1-2H3;1-8H,12H2. The smallest absolute Gasteiger partial charge is 0.323 e. The highest BCUT2D eigenvalue weighted by Gasteiger charge is 2.29. The zero-order chi connectivity index (χ0) is 22.1. The van der Waals surface area contributed by atoms with E-state index >= 15 is 0 Å². The molecule has 31 heavy (non-hydrogen) atoms. The van der Waals surface area contributed by atoms with Crippen LogP contribution in [0.15, 0.2) is 97.6 Å². The molecule has 1 unspecified atom stereocenters. The molecule has 2 aromatic carbocycles. The highest BCUT2D eigenvalue weighted by atomic mass is 31.2. The van der Waals surface area contributed by atoms with Crippen LogP contribution in [0.1, 0.15) is 13.8 Å². The quantitative estimate of drug-likeness (QED) is 0.354. The molecule has 0 aliphatic carbocycles. The average Bonchev–Trinajstić information content (AvgIpc) is 3.50. The third-order valence-electron chi connectivity index (χ3n) is 4.48. The molecule has 0 spiro atoms. The Hall–Kier alpha value is -2.42. The minimum absolute atomic E-state index is 0.345. The molecule has 4 rings (SSSR count). The van der Waals surface area contributed by atoms with Gasteiger partial charge in [-0.1, -0.05) is 30.3 Å². The van der Waals surface area contributed by atoms with Crippen molar-refractivity contribution in [2.75, 3.05) is 13.2 Å². The monoisotopic (exact) mass is 454 g/mol. The number of para-hydroxylation sites is 2. The van der Waals surface area contributed by atoms with Gasteiger partial charge in [-0.15, -0.1) is 9.24 Å². The van der Waals surface area contributed by atoms with Crippen molar-refractivity contribution < 1.29 is 13.6 Å². The largest absolute Gasteiger partial charge is 0.363 e. The van der Waals surface area contributed by atoms with E-state index in [2.05, 4.69) is 25.9 Å². The van der Waals surface area contributed by atoms with Crippen LogP contribution in [0.5, 0.6) is 0 Å². The zero-order valence-electron chi connectivity index (χ0n) is 17.8. The van der Waals surface area contributed by atoms with Crippen LogP contribution in [-0.4, -0.2) is 22.3 Å².